The molecule has 0 aromatic heterocycles. The molecule has 0 spiro atoms. The first-order valence-corrected chi connectivity index (χ1v) is 4.78. The van der Waals surface area contributed by atoms with Gasteiger partial charge in [-0.3, -0.25) is 0 Å². The van der Waals surface area contributed by atoms with Crippen LogP contribution >= 0.6 is 11.6 Å². The average molecular weight is 223 g/mol. The smallest absolute Gasteiger partial charge is 0.330 e. The van der Waals surface area contributed by atoms with Gasteiger partial charge in [0, 0.05) is 11.1 Å². The zero-order valence-electron chi connectivity index (χ0n) is 8.31. The highest BCUT2D eigenvalue weighted by Gasteiger charge is 1.88. The summed E-state index contributed by atoms with van der Waals surface area (Å²) in [5.74, 6) is -0.365. The molecular formula is C12H11ClO2. The molecule has 15 heavy (non-hydrogen) atoms. The van der Waals surface area contributed by atoms with Crippen LogP contribution in [0.15, 0.2) is 42.5 Å². The number of methoxy groups -OCH3 is 1. The standard InChI is InChI=1S/C12H11ClO2/c1-15-12(14)5-3-2-4-10-6-8-11(13)9-7-10/h2-9H,1H3/b4-2-,5-3+. The van der Waals surface area contributed by atoms with Gasteiger partial charge in [-0.2, -0.15) is 0 Å². The lowest BCUT2D eigenvalue weighted by atomic mass is 10.2. The minimum absolute atomic E-state index is 0.365. The van der Waals surface area contributed by atoms with E-state index in [4.69, 9.17) is 11.6 Å². The van der Waals surface area contributed by atoms with Gasteiger partial charge in [0.15, 0.2) is 0 Å². The lowest BCUT2D eigenvalue weighted by Gasteiger charge is -1.91. The van der Waals surface area contributed by atoms with Crippen molar-refractivity contribution in [2.24, 2.45) is 0 Å². The van der Waals surface area contributed by atoms with Crippen molar-refractivity contribution in [2.45, 2.75) is 0 Å². The number of ether oxygens (including phenoxy) is 1. The summed E-state index contributed by atoms with van der Waals surface area (Å²) in [6.45, 7) is 0. The summed E-state index contributed by atoms with van der Waals surface area (Å²) in [5.41, 5.74) is 1.02. The fourth-order valence-electron chi connectivity index (χ4n) is 0.943. The Balaban J connectivity index is 2.55. The zero-order valence-corrected chi connectivity index (χ0v) is 9.07. The van der Waals surface area contributed by atoms with Crippen molar-refractivity contribution in [3.8, 4) is 0 Å². The van der Waals surface area contributed by atoms with Crippen LogP contribution in [0.2, 0.25) is 5.02 Å². The van der Waals surface area contributed by atoms with E-state index in [1.165, 1.54) is 13.2 Å². The maximum atomic E-state index is 10.7. The van der Waals surface area contributed by atoms with Crippen LogP contribution in [0.5, 0.6) is 0 Å². The van der Waals surface area contributed by atoms with Crippen molar-refractivity contribution < 1.29 is 9.53 Å². The molecule has 1 aromatic rings. The number of hydrogen-bond donors (Lipinski definition) is 0. The number of allylic oxidation sites excluding steroid dienone is 2. The number of rotatable bonds is 3. The molecule has 2 nitrogen and oxygen atoms in total. The average Bonchev–Trinajstić information content (AvgIpc) is 2.26. The number of esters is 1. The molecule has 1 aromatic carbocycles. The molecule has 0 atom stereocenters. The van der Waals surface area contributed by atoms with E-state index < -0.39 is 0 Å². The van der Waals surface area contributed by atoms with E-state index in [9.17, 15) is 4.79 Å². The van der Waals surface area contributed by atoms with Crippen LogP contribution in [0.1, 0.15) is 5.56 Å². The quantitative estimate of drug-likeness (QED) is 0.446. The summed E-state index contributed by atoms with van der Waals surface area (Å²) >= 11 is 5.73. The van der Waals surface area contributed by atoms with Crippen LogP contribution in [0.25, 0.3) is 6.08 Å². The minimum atomic E-state index is -0.365. The van der Waals surface area contributed by atoms with Crippen molar-refractivity contribution in [3.63, 3.8) is 0 Å². The maximum Gasteiger partial charge on any atom is 0.330 e. The van der Waals surface area contributed by atoms with E-state index in [0.717, 1.165) is 5.56 Å². The van der Waals surface area contributed by atoms with Crippen molar-refractivity contribution in [1.82, 2.24) is 0 Å². The highest BCUT2D eigenvalue weighted by molar-refractivity contribution is 6.30. The summed E-state index contributed by atoms with van der Waals surface area (Å²) in [5, 5.41) is 0.706. The molecular weight excluding hydrogens is 212 g/mol. The molecule has 0 bridgehead atoms. The second-order valence-electron chi connectivity index (χ2n) is 2.79. The highest BCUT2D eigenvalue weighted by Crippen LogP contribution is 2.10. The van der Waals surface area contributed by atoms with Crippen LogP contribution in [0.3, 0.4) is 0 Å². The SMILES string of the molecule is COC(=O)/C=C/C=C\c1ccc(Cl)cc1. The number of carbonyl (C=O) groups is 1. The molecule has 78 valence electrons. The monoisotopic (exact) mass is 222 g/mol. The van der Waals surface area contributed by atoms with Crippen molar-refractivity contribution in [2.75, 3.05) is 7.11 Å². The highest BCUT2D eigenvalue weighted by atomic mass is 35.5. The third-order valence-corrected chi connectivity index (χ3v) is 1.96. The van der Waals surface area contributed by atoms with Crippen LogP contribution < -0.4 is 0 Å². The second-order valence-corrected chi connectivity index (χ2v) is 3.23. The molecule has 0 amide bonds. The van der Waals surface area contributed by atoms with Crippen LogP contribution in [0, 0.1) is 0 Å². The van der Waals surface area contributed by atoms with Gasteiger partial charge in [0.25, 0.3) is 0 Å². The van der Waals surface area contributed by atoms with Crippen molar-refractivity contribution in [3.05, 3.63) is 53.1 Å². The third kappa shape index (κ3) is 4.47. The normalized spacial score (nSPS) is 11.1. The molecule has 0 aliphatic heterocycles. The summed E-state index contributed by atoms with van der Waals surface area (Å²) in [6.07, 6.45) is 6.61. The molecule has 0 aliphatic carbocycles. The molecule has 0 saturated heterocycles. The predicted molar refractivity (Wildman–Crippen MR) is 61.6 cm³/mol. The van der Waals surface area contributed by atoms with Gasteiger partial charge in [0.2, 0.25) is 0 Å². The van der Waals surface area contributed by atoms with E-state index in [2.05, 4.69) is 4.74 Å². The van der Waals surface area contributed by atoms with E-state index in [1.807, 2.05) is 30.3 Å². The van der Waals surface area contributed by atoms with Crippen molar-refractivity contribution >= 4 is 23.6 Å². The van der Waals surface area contributed by atoms with Gasteiger partial charge in [-0.05, 0) is 17.7 Å². The van der Waals surface area contributed by atoms with E-state index in [1.54, 1.807) is 12.2 Å². The summed E-state index contributed by atoms with van der Waals surface area (Å²) in [7, 11) is 1.34. The van der Waals surface area contributed by atoms with Gasteiger partial charge in [-0.15, -0.1) is 0 Å². The largest absolute Gasteiger partial charge is 0.466 e. The summed E-state index contributed by atoms with van der Waals surface area (Å²) < 4.78 is 4.44. The molecule has 0 saturated carbocycles. The Morgan fingerprint density at radius 3 is 2.53 bits per heavy atom. The topological polar surface area (TPSA) is 26.3 Å². The Bertz CT molecular complexity index is 377. The molecule has 0 radical (unpaired) electrons. The molecule has 0 fully saturated rings. The first-order valence-electron chi connectivity index (χ1n) is 4.40. The van der Waals surface area contributed by atoms with E-state index in [-0.39, 0.29) is 5.97 Å². The zero-order chi connectivity index (χ0) is 11.1. The Hall–Kier alpha value is -1.54. The first kappa shape index (κ1) is 11.5. The molecule has 0 aliphatic rings. The van der Waals surface area contributed by atoms with Gasteiger partial charge in [-0.1, -0.05) is 42.0 Å². The second kappa shape index (κ2) is 6.04. The summed E-state index contributed by atoms with van der Waals surface area (Å²) in [6, 6.07) is 7.41. The van der Waals surface area contributed by atoms with E-state index in [0.29, 0.717) is 5.02 Å². The number of hydrogen-bond acceptors (Lipinski definition) is 2. The van der Waals surface area contributed by atoms with Crippen LogP contribution in [0.4, 0.5) is 0 Å². The van der Waals surface area contributed by atoms with Gasteiger partial charge in [0.05, 0.1) is 7.11 Å². The molecule has 0 heterocycles. The molecule has 0 N–H and O–H groups in total. The molecule has 1 rings (SSSR count). The van der Waals surface area contributed by atoms with Gasteiger partial charge in [0.1, 0.15) is 0 Å². The Morgan fingerprint density at radius 1 is 1.27 bits per heavy atom. The fraction of sp³-hybridized carbons (Fsp3) is 0.0833. The number of benzene rings is 1. The third-order valence-electron chi connectivity index (χ3n) is 1.70. The summed E-state index contributed by atoms with van der Waals surface area (Å²) in [4.78, 5) is 10.7. The van der Waals surface area contributed by atoms with Gasteiger partial charge >= 0.3 is 5.97 Å². The Kier molecular flexibility index (Phi) is 4.64. The Labute approximate surface area is 93.8 Å². The van der Waals surface area contributed by atoms with E-state index >= 15 is 0 Å². The minimum Gasteiger partial charge on any atom is -0.466 e. The predicted octanol–water partition coefficient (Wildman–Crippen LogP) is 3.08. The first-order chi connectivity index (χ1) is 7.22. The number of carbonyl (C=O) groups excluding carboxylic acids is 1. The van der Waals surface area contributed by atoms with Crippen LogP contribution in [-0.4, -0.2) is 13.1 Å². The lowest BCUT2D eigenvalue weighted by Crippen LogP contribution is -1.92. The molecule has 0 unspecified atom stereocenters. The van der Waals surface area contributed by atoms with Gasteiger partial charge in [-0.25, -0.2) is 4.79 Å². The number of halogens is 1. The van der Waals surface area contributed by atoms with Crippen molar-refractivity contribution in [1.29, 1.82) is 0 Å². The van der Waals surface area contributed by atoms with Gasteiger partial charge < -0.3 is 4.74 Å². The fourth-order valence-corrected chi connectivity index (χ4v) is 1.07. The maximum absolute atomic E-state index is 10.7. The Morgan fingerprint density at radius 2 is 1.93 bits per heavy atom. The lowest BCUT2D eigenvalue weighted by molar-refractivity contribution is -0.134. The molecule has 3 heteroatoms. The van der Waals surface area contributed by atoms with Crippen LogP contribution in [-0.2, 0) is 9.53 Å².